The molecule has 102 valence electrons. The van der Waals surface area contributed by atoms with Crippen LogP contribution in [0.5, 0.6) is 0 Å². The molecule has 0 saturated heterocycles. The fraction of sp³-hybridized carbons (Fsp3) is 0.385. The van der Waals surface area contributed by atoms with Crippen molar-refractivity contribution in [2.24, 2.45) is 5.73 Å². The SMILES string of the molecule is N[C@H](CSC1CCc2ccccc2NC1=O)C(=O)O. The molecule has 1 aromatic carbocycles. The maximum absolute atomic E-state index is 12.0. The number of hydrogen-bond donors (Lipinski definition) is 3. The van der Waals surface area contributed by atoms with Gasteiger partial charge in [0.05, 0.1) is 5.25 Å². The fourth-order valence-electron chi connectivity index (χ4n) is 1.94. The Morgan fingerprint density at radius 2 is 2.26 bits per heavy atom. The van der Waals surface area contributed by atoms with Gasteiger partial charge < -0.3 is 16.2 Å². The van der Waals surface area contributed by atoms with E-state index in [2.05, 4.69) is 5.32 Å². The van der Waals surface area contributed by atoms with Crippen LogP contribution in [0.3, 0.4) is 0 Å². The topological polar surface area (TPSA) is 92.4 Å². The summed E-state index contributed by atoms with van der Waals surface area (Å²) in [5.41, 5.74) is 7.41. The third-order valence-electron chi connectivity index (χ3n) is 3.04. The minimum absolute atomic E-state index is 0.0764. The van der Waals surface area contributed by atoms with Crippen molar-refractivity contribution in [1.29, 1.82) is 0 Å². The van der Waals surface area contributed by atoms with Crippen molar-refractivity contribution < 1.29 is 14.7 Å². The highest BCUT2D eigenvalue weighted by Gasteiger charge is 2.25. The first-order valence-electron chi connectivity index (χ1n) is 6.06. The molecule has 0 fully saturated rings. The molecule has 1 aliphatic rings. The number of carboxylic acid groups (broad SMARTS) is 1. The van der Waals surface area contributed by atoms with Gasteiger partial charge in [-0.2, -0.15) is 0 Å². The number of rotatable bonds is 4. The maximum Gasteiger partial charge on any atom is 0.321 e. The van der Waals surface area contributed by atoms with Crippen LogP contribution in [0, 0.1) is 0 Å². The summed E-state index contributed by atoms with van der Waals surface area (Å²) in [5.74, 6) is -0.874. The molecule has 1 aliphatic heterocycles. The number of fused-ring (bicyclic) bond motifs is 1. The molecule has 0 bridgehead atoms. The van der Waals surface area contributed by atoms with Gasteiger partial charge in [0, 0.05) is 11.4 Å². The van der Waals surface area contributed by atoms with Crippen LogP contribution in [-0.2, 0) is 16.0 Å². The summed E-state index contributed by atoms with van der Waals surface area (Å²) < 4.78 is 0. The van der Waals surface area contributed by atoms with Crippen molar-refractivity contribution in [3.8, 4) is 0 Å². The Balaban J connectivity index is 1.99. The van der Waals surface area contributed by atoms with Crippen molar-refractivity contribution in [1.82, 2.24) is 0 Å². The number of aliphatic carboxylic acids is 1. The van der Waals surface area contributed by atoms with Crippen LogP contribution in [0.25, 0.3) is 0 Å². The monoisotopic (exact) mass is 280 g/mol. The number of aryl methyl sites for hydroxylation is 1. The van der Waals surface area contributed by atoms with Crippen molar-refractivity contribution in [3.05, 3.63) is 29.8 Å². The maximum atomic E-state index is 12.0. The number of carbonyl (C=O) groups excluding carboxylic acids is 1. The Hall–Kier alpha value is -1.53. The van der Waals surface area contributed by atoms with Crippen molar-refractivity contribution in [2.45, 2.75) is 24.1 Å². The van der Waals surface area contributed by atoms with Gasteiger partial charge in [0.1, 0.15) is 6.04 Å². The number of anilines is 1. The van der Waals surface area contributed by atoms with Crippen molar-refractivity contribution in [3.63, 3.8) is 0 Å². The third kappa shape index (κ3) is 3.48. The lowest BCUT2D eigenvalue weighted by atomic mass is 10.1. The van der Waals surface area contributed by atoms with E-state index < -0.39 is 12.0 Å². The van der Waals surface area contributed by atoms with E-state index in [0.29, 0.717) is 6.42 Å². The van der Waals surface area contributed by atoms with Crippen LogP contribution >= 0.6 is 11.8 Å². The Morgan fingerprint density at radius 3 is 3.00 bits per heavy atom. The molecule has 0 aromatic heterocycles. The Bertz CT molecular complexity index is 493. The molecule has 6 heteroatoms. The fourth-order valence-corrected chi connectivity index (χ4v) is 3.02. The Labute approximate surface area is 115 Å². The molecule has 5 nitrogen and oxygen atoms in total. The zero-order valence-electron chi connectivity index (χ0n) is 10.3. The molecule has 1 amide bonds. The molecular weight excluding hydrogens is 264 g/mol. The summed E-state index contributed by atoms with van der Waals surface area (Å²) in [7, 11) is 0. The van der Waals surface area contributed by atoms with Crippen LogP contribution in [0.15, 0.2) is 24.3 Å². The molecule has 1 aromatic rings. The Morgan fingerprint density at radius 1 is 1.53 bits per heavy atom. The summed E-state index contributed by atoms with van der Waals surface area (Å²) in [6, 6.07) is 6.77. The van der Waals surface area contributed by atoms with Crippen LogP contribution in [0.1, 0.15) is 12.0 Å². The minimum Gasteiger partial charge on any atom is -0.480 e. The summed E-state index contributed by atoms with van der Waals surface area (Å²) in [6.07, 6.45) is 1.49. The molecule has 1 heterocycles. The Kier molecular flexibility index (Phi) is 4.44. The second kappa shape index (κ2) is 6.08. The summed E-state index contributed by atoms with van der Waals surface area (Å²) in [6.45, 7) is 0. The molecule has 0 aliphatic carbocycles. The second-order valence-electron chi connectivity index (χ2n) is 4.45. The van der Waals surface area contributed by atoms with Gasteiger partial charge in [-0.25, -0.2) is 0 Å². The lowest BCUT2D eigenvalue weighted by molar-refractivity contribution is -0.137. The number of para-hydroxylation sites is 1. The van der Waals surface area contributed by atoms with Gasteiger partial charge >= 0.3 is 5.97 Å². The van der Waals surface area contributed by atoms with E-state index in [1.54, 1.807) is 0 Å². The van der Waals surface area contributed by atoms with Gasteiger partial charge in [-0.1, -0.05) is 18.2 Å². The van der Waals surface area contributed by atoms with Crippen molar-refractivity contribution >= 4 is 29.3 Å². The number of carbonyl (C=O) groups is 2. The number of hydrogen-bond acceptors (Lipinski definition) is 4. The van der Waals surface area contributed by atoms with Gasteiger partial charge in [-0.15, -0.1) is 11.8 Å². The average molecular weight is 280 g/mol. The standard InChI is InChI=1S/C13H16N2O3S/c14-9(13(17)18)7-19-11-6-5-8-3-1-2-4-10(8)15-12(11)16/h1-4,9,11H,5-7,14H2,(H,15,16)(H,17,18)/t9-,11?/m1/s1. The molecule has 19 heavy (non-hydrogen) atoms. The first kappa shape index (κ1) is 13.9. The highest BCUT2D eigenvalue weighted by molar-refractivity contribution is 8.00. The quantitative estimate of drug-likeness (QED) is 0.767. The number of benzene rings is 1. The van der Waals surface area contributed by atoms with Gasteiger partial charge in [0.15, 0.2) is 0 Å². The van der Waals surface area contributed by atoms with E-state index in [4.69, 9.17) is 10.8 Å². The van der Waals surface area contributed by atoms with Gasteiger partial charge in [-0.05, 0) is 24.5 Å². The molecule has 2 rings (SSSR count). The zero-order valence-corrected chi connectivity index (χ0v) is 11.2. The van der Waals surface area contributed by atoms with Crippen LogP contribution < -0.4 is 11.1 Å². The first-order chi connectivity index (χ1) is 9.08. The third-order valence-corrected chi connectivity index (χ3v) is 4.44. The average Bonchev–Trinajstić information content (AvgIpc) is 2.54. The minimum atomic E-state index is -1.04. The highest BCUT2D eigenvalue weighted by Crippen LogP contribution is 2.27. The van der Waals surface area contributed by atoms with E-state index in [0.717, 1.165) is 17.7 Å². The van der Waals surface area contributed by atoms with Gasteiger partial charge in [-0.3, -0.25) is 9.59 Å². The molecular formula is C13H16N2O3S. The van der Waals surface area contributed by atoms with Gasteiger partial charge in [0.2, 0.25) is 5.91 Å². The number of carboxylic acids is 1. The number of amides is 1. The molecule has 4 N–H and O–H groups in total. The molecule has 0 spiro atoms. The highest BCUT2D eigenvalue weighted by atomic mass is 32.2. The van der Waals surface area contributed by atoms with Crippen molar-refractivity contribution in [2.75, 3.05) is 11.1 Å². The molecule has 1 unspecified atom stereocenters. The van der Waals surface area contributed by atoms with Crippen LogP contribution in [-0.4, -0.2) is 34.0 Å². The summed E-state index contributed by atoms with van der Waals surface area (Å²) >= 11 is 1.31. The molecule has 2 atom stereocenters. The van der Waals surface area contributed by atoms with Gasteiger partial charge in [0.25, 0.3) is 0 Å². The van der Waals surface area contributed by atoms with Crippen LogP contribution in [0.2, 0.25) is 0 Å². The predicted molar refractivity (Wildman–Crippen MR) is 75.2 cm³/mol. The number of thioether (sulfide) groups is 1. The van der Waals surface area contributed by atoms with E-state index in [9.17, 15) is 9.59 Å². The number of nitrogens with one attached hydrogen (secondary N) is 1. The van der Waals surface area contributed by atoms with Crippen LogP contribution in [0.4, 0.5) is 5.69 Å². The number of nitrogens with two attached hydrogens (primary N) is 1. The van der Waals surface area contributed by atoms with E-state index in [-0.39, 0.29) is 16.9 Å². The predicted octanol–water partition coefficient (Wildman–Crippen LogP) is 1.08. The lowest BCUT2D eigenvalue weighted by Crippen LogP contribution is -2.34. The van der Waals surface area contributed by atoms with E-state index in [1.165, 1.54) is 11.8 Å². The second-order valence-corrected chi connectivity index (χ2v) is 5.69. The summed E-state index contributed by atoms with van der Waals surface area (Å²) in [4.78, 5) is 22.7. The van der Waals surface area contributed by atoms with E-state index in [1.807, 2.05) is 24.3 Å². The molecule has 0 saturated carbocycles. The zero-order chi connectivity index (χ0) is 13.8. The largest absolute Gasteiger partial charge is 0.480 e. The molecule has 0 radical (unpaired) electrons. The lowest BCUT2D eigenvalue weighted by Gasteiger charge is -2.14. The first-order valence-corrected chi connectivity index (χ1v) is 7.11. The smallest absolute Gasteiger partial charge is 0.321 e. The normalized spacial score (nSPS) is 20.1. The van der Waals surface area contributed by atoms with E-state index >= 15 is 0 Å². The summed E-state index contributed by atoms with van der Waals surface area (Å²) in [5, 5.41) is 11.4.